The largest absolute Gasteiger partial charge is 0.459 e. The standard InChI is InChI=1S/C24H24BrNO4/c1-23(2,3)29-21(27)24(4,16-8-11-18-9-6-5-7-10-18)22(28)30-26-17-19-12-14-20(25)15-13-19/h5-7,9-10,12-15,17H,16H2,1-4H3/b26-17+. The molecule has 0 aliphatic rings. The van der Waals surface area contributed by atoms with Crippen molar-refractivity contribution in [3.63, 3.8) is 0 Å². The first kappa shape index (κ1) is 23.4. The Balaban J connectivity index is 2.18. The van der Waals surface area contributed by atoms with Gasteiger partial charge in [-0.05, 0) is 57.5 Å². The fourth-order valence-corrected chi connectivity index (χ4v) is 2.51. The van der Waals surface area contributed by atoms with Crippen LogP contribution in [0.5, 0.6) is 0 Å². The summed E-state index contributed by atoms with van der Waals surface area (Å²) in [5.74, 6) is 4.31. The highest BCUT2D eigenvalue weighted by atomic mass is 79.9. The highest BCUT2D eigenvalue weighted by Gasteiger charge is 2.46. The van der Waals surface area contributed by atoms with Gasteiger partial charge in [-0.15, -0.1) is 0 Å². The fraction of sp³-hybridized carbons (Fsp3) is 0.292. The molecule has 0 bridgehead atoms. The van der Waals surface area contributed by atoms with Crippen molar-refractivity contribution in [2.24, 2.45) is 10.6 Å². The average Bonchev–Trinajstić information content (AvgIpc) is 2.68. The minimum absolute atomic E-state index is 0.0660. The van der Waals surface area contributed by atoms with E-state index in [1.54, 1.807) is 32.9 Å². The van der Waals surface area contributed by atoms with E-state index >= 15 is 0 Å². The predicted molar refractivity (Wildman–Crippen MR) is 120 cm³/mol. The molecular formula is C24H24BrNO4. The Morgan fingerprint density at radius 3 is 2.23 bits per heavy atom. The van der Waals surface area contributed by atoms with Crippen LogP contribution in [0.15, 0.2) is 64.2 Å². The number of carbonyl (C=O) groups is 2. The number of hydrogen-bond acceptors (Lipinski definition) is 5. The van der Waals surface area contributed by atoms with Crippen LogP contribution in [-0.4, -0.2) is 23.8 Å². The van der Waals surface area contributed by atoms with Crippen LogP contribution in [0.4, 0.5) is 0 Å². The summed E-state index contributed by atoms with van der Waals surface area (Å²) in [7, 11) is 0. The van der Waals surface area contributed by atoms with Gasteiger partial charge in [0.2, 0.25) is 0 Å². The number of ether oxygens (including phenoxy) is 1. The third-order valence-electron chi connectivity index (χ3n) is 3.96. The molecule has 0 aliphatic carbocycles. The van der Waals surface area contributed by atoms with Crippen molar-refractivity contribution < 1.29 is 19.2 Å². The first-order valence-electron chi connectivity index (χ1n) is 9.38. The van der Waals surface area contributed by atoms with Gasteiger partial charge >= 0.3 is 11.9 Å². The average molecular weight is 470 g/mol. The van der Waals surface area contributed by atoms with Crippen molar-refractivity contribution >= 4 is 34.1 Å². The molecule has 0 saturated carbocycles. The smallest absolute Gasteiger partial charge is 0.352 e. The molecule has 156 valence electrons. The normalized spacial score (nSPS) is 13.1. The lowest BCUT2D eigenvalue weighted by Gasteiger charge is -2.27. The monoisotopic (exact) mass is 469 g/mol. The van der Waals surface area contributed by atoms with Crippen LogP contribution in [0.1, 0.15) is 45.2 Å². The zero-order valence-electron chi connectivity index (χ0n) is 17.4. The molecule has 0 saturated heterocycles. The summed E-state index contributed by atoms with van der Waals surface area (Å²) in [4.78, 5) is 30.6. The van der Waals surface area contributed by atoms with E-state index in [1.807, 2.05) is 42.5 Å². The minimum atomic E-state index is -1.62. The first-order valence-corrected chi connectivity index (χ1v) is 10.2. The predicted octanol–water partition coefficient (Wildman–Crippen LogP) is 5.12. The summed E-state index contributed by atoms with van der Waals surface area (Å²) < 4.78 is 6.36. The molecule has 30 heavy (non-hydrogen) atoms. The molecule has 0 radical (unpaired) electrons. The van der Waals surface area contributed by atoms with Crippen molar-refractivity contribution in [3.8, 4) is 11.8 Å². The van der Waals surface area contributed by atoms with E-state index in [9.17, 15) is 9.59 Å². The molecule has 0 aliphatic heterocycles. The van der Waals surface area contributed by atoms with Crippen LogP contribution in [0, 0.1) is 17.3 Å². The molecule has 2 aromatic rings. The van der Waals surface area contributed by atoms with Gasteiger partial charge in [-0.25, -0.2) is 4.79 Å². The lowest BCUT2D eigenvalue weighted by molar-refractivity contribution is -0.178. The second-order valence-corrected chi connectivity index (χ2v) is 8.76. The molecule has 1 unspecified atom stereocenters. The zero-order valence-corrected chi connectivity index (χ0v) is 19.0. The Kier molecular flexibility index (Phi) is 7.96. The molecule has 0 spiro atoms. The molecule has 0 aromatic heterocycles. The molecule has 0 amide bonds. The second-order valence-electron chi connectivity index (χ2n) is 7.84. The van der Waals surface area contributed by atoms with E-state index in [-0.39, 0.29) is 6.42 Å². The van der Waals surface area contributed by atoms with Crippen molar-refractivity contribution in [1.29, 1.82) is 0 Å². The van der Waals surface area contributed by atoms with Gasteiger partial charge in [-0.1, -0.05) is 63.3 Å². The summed E-state index contributed by atoms with van der Waals surface area (Å²) in [6.07, 6.45) is 1.33. The number of benzene rings is 2. The van der Waals surface area contributed by atoms with E-state index in [0.717, 1.165) is 15.6 Å². The Morgan fingerprint density at radius 1 is 1.00 bits per heavy atom. The maximum absolute atomic E-state index is 12.8. The van der Waals surface area contributed by atoms with Crippen LogP contribution in [0.3, 0.4) is 0 Å². The Morgan fingerprint density at radius 2 is 1.63 bits per heavy atom. The van der Waals surface area contributed by atoms with Crippen LogP contribution in [0.2, 0.25) is 0 Å². The number of esters is 1. The summed E-state index contributed by atoms with van der Waals surface area (Å²) >= 11 is 3.35. The molecule has 0 N–H and O–H groups in total. The lowest BCUT2D eigenvalue weighted by Crippen LogP contribution is -2.42. The first-order chi connectivity index (χ1) is 14.1. The maximum Gasteiger partial charge on any atom is 0.352 e. The molecule has 0 fully saturated rings. The fourth-order valence-electron chi connectivity index (χ4n) is 2.25. The van der Waals surface area contributed by atoms with Gasteiger partial charge in [-0.3, -0.25) is 4.79 Å². The molecular weight excluding hydrogens is 446 g/mol. The molecule has 2 rings (SSSR count). The number of oxime groups is 1. The summed E-state index contributed by atoms with van der Waals surface area (Å²) in [6, 6.07) is 16.6. The van der Waals surface area contributed by atoms with Crippen LogP contribution in [-0.2, 0) is 19.2 Å². The SMILES string of the molecule is CC(C)(C)OC(=O)C(C)(CC#Cc1ccccc1)C(=O)O/N=C/c1ccc(Br)cc1. The quantitative estimate of drug-likeness (QED) is 0.152. The number of nitrogens with zero attached hydrogens (tertiary/aromatic N) is 1. The van der Waals surface area contributed by atoms with Crippen LogP contribution < -0.4 is 0 Å². The van der Waals surface area contributed by atoms with Gasteiger partial charge in [0, 0.05) is 16.5 Å². The highest BCUT2D eigenvalue weighted by molar-refractivity contribution is 9.10. The summed E-state index contributed by atoms with van der Waals surface area (Å²) in [5.41, 5.74) is -0.849. The van der Waals surface area contributed by atoms with Gasteiger partial charge in [0.15, 0.2) is 5.41 Å². The van der Waals surface area contributed by atoms with Gasteiger partial charge < -0.3 is 9.57 Å². The van der Waals surface area contributed by atoms with E-state index in [1.165, 1.54) is 13.1 Å². The maximum atomic E-state index is 12.8. The molecule has 5 nitrogen and oxygen atoms in total. The molecule has 6 heteroatoms. The van der Waals surface area contributed by atoms with Crippen molar-refractivity contribution in [3.05, 3.63) is 70.2 Å². The molecule has 0 heterocycles. The highest BCUT2D eigenvalue weighted by Crippen LogP contribution is 2.28. The second kappa shape index (κ2) is 10.2. The van der Waals surface area contributed by atoms with Crippen LogP contribution >= 0.6 is 15.9 Å². The summed E-state index contributed by atoms with van der Waals surface area (Å²) in [6.45, 7) is 6.66. The number of hydrogen-bond donors (Lipinski definition) is 0. The third-order valence-corrected chi connectivity index (χ3v) is 4.48. The third kappa shape index (κ3) is 7.16. The van der Waals surface area contributed by atoms with E-state index in [0.29, 0.717) is 0 Å². The summed E-state index contributed by atoms with van der Waals surface area (Å²) in [5, 5.41) is 3.74. The van der Waals surface area contributed by atoms with Gasteiger partial charge in [0.05, 0.1) is 6.21 Å². The van der Waals surface area contributed by atoms with E-state index in [2.05, 4.69) is 32.9 Å². The van der Waals surface area contributed by atoms with Gasteiger partial charge in [0.1, 0.15) is 5.60 Å². The zero-order chi connectivity index (χ0) is 22.2. The van der Waals surface area contributed by atoms with E-state index < -0.39 is 23.0 Å². The van der Waals surface area contributed by atoms with Crippen molar-refractivity contribution in [2.45, 2.75) is 39.7 Å². The topological polar surface area (TPSA) is 65.0 Å². The number of carbonyl (C=O) groups excluding carboxylic acids is 2. The number of rotatable bonds is 5. The Labute approximate surface area is 185 Å². The van der Waals surface area contributed by atoms with Gasteiger partial charge in [0.25, 0.3) is 0 Å². The Bertz CT molecular complexity index is 966. The number of halogens is 1. The minimum Gasteiger partial charge on any atom is -0.459 e. The molecule has 2 aromatic carbocycles. The van der Waals surface area contributed by atoms with Crippen molar-refractivity contribution in [1.82, 2.24) is 0 Å². The molecule has 1 atom stereocenters. The van der Waals surface area contributed by atoms with Crippen LogP contribution in [0.25, 0.3) is 0 Å². The van der Waals surface area contributed by atoms with Crippen molar-refractivity contribution in [2.75, 3.05) is 0 Å². The lowest BCUT2D eigenvalue weighted by atomic mass is 9.87. The Hall–Kier alpha value is -2.91. The van der Waals surface area contributed by atoms with Gasteiger partial charge in [-0.2, -0.15) is 0 Å². The van der Waals surface area contributed by atoms with E-state index in [4.69, 9.17) is 9.57 Å².